The van der Waals surface area contributed by atoms with Crippen LogP contribution in [0.2, 0.25) is 0 Å². The summed E-state index contributed by atoms with van der Waals surface area (Å²) in [5.74, 6) is 0.0317. The summed E-state index contributed by atoms with van der Waals surface area (Å²) in [4.78, 5) is 0. The van der Waals surface area contributed by atoms with Crippen LogP contribution in [-0.4, -0.2) is 6.04 Å². The van der Waals surface area contributed by atoms with Crippen LogP contribution in [0.3, 0.4) is 0 Å². The summed E-state index contributed by atoms with van der Waals surface area (Å²) >= 11 is 0. The van der Waals surface area contributed by atoms with Crippen LogP contribution in [0.15, 0.2) is 18.2 Å². The molecule has 4 heteroatoms. The fraction of sp³-hybridized carbons (Fsp3) is 0.538. The summed E-state index contributed by atoms with van der Waals surface area (Å²) in [5, 5.41) is 0. The van der Waals surface area contributed by atoms with E-state index in [-0.39, 0.29) is 22.9 Å². The van der Waals surface area contributed by atoms with Gasteiger partial charge in [-0.05, 0) is 29.5 Å². The van der Waals surface area contributed by atoms with Crippen molar-refractivity contribution in [1.82, 2.24) is 0 Å². The monoisotopic (exact) mass is 243 g/mol. The standard InChI is InChI=1S/C13H16F3N/c1-7-4-5-8(6-9(7)13(14,15)16)10-11(17)12(10,2)3/h4-6,10-11H,17H2,1-3H3. The second-order valence-corrected chi connectivity index (χ2v) is 5.40. The maximum absolute atomic E-state index is 12.8. The summed E-state index contributed by atoms with van der Waals surface area (Å²) in [5.41, 5.74) is 6.19. The highest BCUT2D eigenvalue weighted by Gasteiger charge is 2.56. The summed E-state index contributed by atoms with van der Waals surface area (Å²) in [6, 6.07) is 4.48. The predicted octanol–water partition coefficient (Wildman–Crippen LogP) is 3.46. The molecule has 1 aromatic carbocycles. The third-order valence-electron chi connectivity index (χ3n) is 3.84. The van der Waals surface area contributed by atoms with Crippen molar-refractivity contribution < 1.29 is 13.2 Å². The van der Waals surface area contributed by atoms with E-state index in [4.69, 9.17) is 5.73 Å². The van der Waals surface area contributed by atoms with E-state index in [1.165, 1.54) is 19.1 Å². The van der Waals surface area contributed by atoms with Crippen molar-refractivity contribution in [2.75, 3.05) is 0 Å². The van der Waals surface area contributed by atoms with Crippen molar-refractivity contribution in [1.29, 1.82) is 0 Å². The number of nitrogens with two attached hydrogens (primary N) is 1. The van der Waals surface area contributed by atoms with Crippen molar-refractivity contribution in [3.05, 3.63) is 34.9 Å². The number of hydrogen-bond donors (Lipinski definition) is 1. The van der Waals surface area contributed by atoms with Gasteiger partial charge in [-0.15, -0.1) is 0 Å². The van der Waals surface area contributed by atoms with Crippen LogP contribution in [0.25, 0.3) is 0 Å². The zero-order valence-electron chi connectivity index (χ0n) is 10.1. The number of alkyl halides is 3. The minimum absolute atomic E-state index is 0.0317. The third kappa shape index (κ3) is 1.95. The summed E-state index contributed by atoms with van der Waals surface area (Å²) in [6.07, 6.45) is -4.29. The zero-order chi connectivity index (χ0) is 13.0. The quantitative estimate of drug-likeness (QED) is 0.803. The van der Waals surface area contributed by atoms with E-state index in [2.05, 4.69) is 0 Å². The molecular weight excluding hydrogens is 227 g/mol. The Morgan fingerprint density at radius 2 is 1.76 bits per heavy atom. The van der Waals surface area contributed by atoms with Gasteiger partial charge in [0.05, 0.1) is 5.56 Å². The van der Waals surface area contributed by atoms with E-state index in [1.807, 2.05) is 13.8 Å². The Kier molecular flexibility index (Phi) is 2.54. The Bertz CT molecular complexity index is 448. The average Bonchev–Trinajstić information content (AvgIpc) is 2.66. The van der Waals surface area contributed by atoms with Crippen molar-refractivity contribution in [2.24, 2.45) is 11.1 Å². The van der Waals surface area contributed by atoms with Gasteiger partial charge >= 0.3 is 6.18 Å². The van der Waals surface area contributed by atoms with Gasteiger partial charge in [0.25, 0.3) is 0 Å². The molecule has 1 aliphatic carbocycles. The number of aryl methyl sites for hydroxylation is 1. The molecule has 2 rings (SSSR count). The largest absolute Gasteiger partial charge is 0.416 e. The molecular formula is C13H16F3N. The highest BCUT2D eigenvalue weighted by atomic mass is 19.4. The third-order valence-corrected chi connectivity index (χ3v) is 3.84. The molecule has 0 heterocycles. The van der Waals surface area contributed by atoms with Gasteiger partial charge in [-0.25, -0.2) is 0 Å². The number of hydrogen-bond acceptors (Lipinski definition) is 1. The molecule has 17 heavy (non-hydrogen) atoms. The molecule has 1 aromatic rings. The molecule has 0 radical (unpaired) electrons. The number of benzene rings is 1. The van der Waals surface area contributed by atoms with Crippen LogP contribution >= 0.6 is 0 Å². The highest BCUT2D eigenvalue weighted by Crippen LogP contribution is 2.57. The number of rotatable bonds is 1. The first-order valence-electron chi connectivity index (χ1n) is 5.59. The first kappa shape index (κ1) is 12.4. The Hall–Kier alpha value is -1.03. The maximum Gasteiger partial charge on any atom is 0.416 e. The molecule has 1 fully saturated rings. The first-order chi connectivity index (χ1) is 7.65. The zero-order valence-corrected chi connectivity index (χ0v) is 10.1. The van der Waals surface area contributed by atoms with Crippen LogP contribution in [0.1, 0.15) is 36.5 Å². The smallest absolute Gasteiger partial charge is 0.327 e. The lowest BCUT2D eigenvalue weighted by Crippen LogP contribution is -2.09. The molecule has 2 unspecified atom stereocenters. The van der Waals surface area contributed by atoms with Gasteiger partial charge in [-0.3, -0.25) is 0 Å². The molecule has 0 aliphatic heterocycles. The van der Waals surface area contributed by atoms with Crippen LogP contribution < -0.4 is 5.73 Å². The van der Waals surface area contributed by atoms with E-state index in [0.717, 1.165) is 0 Å². The average molecular weight is 243 g/mol. The Balaban J connectivity index is 2.40. The Morgan fingerprint density at radius 1 is 1.24 bits per heavy atom. The van der Waals surface area contributed by atoms with Crippen LogP contribution in [0.4, 0.5) is 13.2 Å². The Morgan fingerprint density at radius 3 is 2.18 bits per heavy atom. The molecule has 0 spiro atoms. The van der Waals surface area contributed by atoms with Gasteiger partial charge in [0.15, 0.2) is 0 Å². The Labute approximate surface area is 98.8 Å². The minimum Gasteiger partial charge on any atom is -0.327 e. The summed E-state index contributed by atoms with van der Waals surface area (Å²) < 4.78 is 38.3. The maximum atomic E-state index is 12.8. The second-order valence-electron chi connectivity index (χ2n) is 5.40. The van der Waals surface area contributed by atoms with Gasteiger partial charge in [0, 0.05) is 12.0 Å². The molecule has 1 saturated carbocycles. The molecule has 0 amide bonds. The van der Waals surface area contributed by atoms with Crippen molar-refractivity contribution in [3.8, 4) is 0 Å². The minimum atomic E-state index is -4.29. The molecule has 2 atom stereocenters. The van der Waals surface area contributed by atoms with E-state index in [0.29, 0.717) is 5.56 Å². The molecule has 0 bridgehead atoms. The summed E-state index contributed by atoms with van der Waals surface area (Å²) in [7, 11) is 0. The van der Waals surface area contributed by atoms with Crippen molar-refractivity contribution >= 4 is 0 Å². The highest BCUT2D eigenvalue weighted by molar-refractivity contribution is 5.40. The molecule has 1 nitrogen and oxygen atoms in total. The predicted molar refractivity (Wildman–Crippen MR) is 60.7 cm³/mol. The lowest BCUT2D eigenvalue weighted by molar-refractivity contribution is -0.138. The molecule has 0 saturated heterocycles. The fourth-order valence-electron chi connectivity index (χ4n) is 2.45. The van der Waals surface area contributed by atoms with Gasteiger partial charge in [-0.1, -0.05) is 26.0 Å². The summed E-state index contributed by atoms with van der Waals surface area (Å²) in [6.45, 7) is 5.44. The molecule has 0 aromatic heterocycles. The molecule has 2 N–H and O–H groups in total. The lowest BCUT2D eigenvalue weighted by Gasteiger charge is -2.12. The lowest BCUT2D eigenvalue weighted by atomic mass is 9.98. The topological polar surface area (TPSA) is 26.0 Å². The van der Waals surface area contributed by atoms with E-state index < -0.39 is 11.7 Å². The number of halogens is 3. The van der Waals surface area contributed by atoms with Gasteiger partial charge in [-0.2, -0.15) is 13.2 Å². The van der Waals surface area contributed by atoms with Gasteiger partial charge in [0.2, 0.25) is 0 Å². The van der Waals surface area contributed by atoms with Crippen molar-refractivity contribution in [2.45, 2.75) is 38.9 Å². The van der Waals surface area contributed by atoms with Crippen LogP contribution in [0.5, 0.6) is 0 Å². The first-order valence-corrected chi connectivity index (χ1v) is 5.59. The second kappa shape index (κ2) is 3.48. The van der Waals surface area contributed by atoms with Crippen LogP contribution in [-0.2, 0) is 6.18 Å². The van der Waals surface area contributed by atoms with E-state index >= 15 is 0 Å². The van der Waals surface area contributed by atoms with Gasteiger partial charge in [0.1, 0.15) is 0 Å². The molecule has 1 aliphatic rings. The van der Waals surface area contributed by atoms with E-state index in [1.54, 1.807) is 6.07 Å². The van der Waals surface area contributed by atoms with Crippen LogP contribution in [0, 0.1) is 12.3 Å². The fourth-order valence-corrected chi connectivity index (χ4v) is 2.45. The van der Waals surface area contributed by atoms with Crippen molar-refractivity contribution in [3.63, 3.8) is 0 Å². The molecule has 94 valence electrons. The SMILES string of the molecule is Cc1ccc(C2C(N)C2(C)C)cc1C(F)(F)F. The van der Waals surface area contributed by atoms with Gasteiger partial charge < -0.3 is 5.73 Å². The van der Waals surface area contributed by atoms with E-state index in [9.17, 15) is 13.2 Å². The normalized spacial score (nSPS) is 27.0.